The van der Waals surface area contributed by atoms with Gasteiger partial charge in [0.1, 0.15) is 6.10 Å². The molecule has 0 aliphatic rings. The summed E-state index contributed by atoms with van der Waals surface area (Å²) >= 11 is 0. The molecule has 0 amide bonds. The normalized spacial score (nSPS) is 14.5. The van der Waals surface area contributed by atoms with Gasteiger partial charge >= 0.3 is 0 Å². The molecule has 0 aromatic heterocycles. The third-order valence-corrected chi connectivity index (χ3v) is 5.87. The van der Waals surface area contributed by atoms with Gasteiger partial charge in [0, 0.05) is 6.42 Å². The van der Waals surface area contributed by atoms with E-state index in [1.54, 1.807) is 0 Å². The van der Waals surface area contributed by atoms with E-state index >= 15 is 0 Å². The molecule has 0 bridgehead atoms. The Bertz CT molecular complexity index is 653. The van der Waals surface area contributed by atoms with Crippen LogP contribution in [-0.2, 0) is 4.79 Å². The van der Waals surface area contributed by atoms with Crippen molar-refractivity contribution in [2.75, 3.05) is 19.8 Å². The van der Waals surface area contributed by atoms with Crippen LogP contribution in [0, 0.1) is 5.41 Å². The van der Waals surface area contributed by atoms with E-state index in [0.717, 1.165) is 38.5 Å². The lowest BCUT2D eigenvalue weighted by molar-refractivity contribution is -0.144. The molecule has 0 saturated heterocycles. The molecule has 1 atom stereocenters. The Morgan fingerprint density at radius 1 is 0.656 bits per heavy atom. The minimum absolute atomic E-state index is 0.106. The van der Waals surface area contributed by atoms with E-state index in [-0.39, 0.29) is 6.42 Å². The third kappa shape index (κ3) is 12.5. The summed E-state index contributed by atoms with van der Waals surface area (Å²) in [6, 6.07) is 0. The standard InChI is InChI=1S/C27H46O5/c1-21(2)10-6-11-22(3)12-7-13-23(4)14-8-15-24(5)16-9-17-25(31)26(32)27(18-28,19-29)20-30/h10,12,14,16,26,28-30,32H,6-9,11,13,15,17-20H2,1-5H3. The largest absolute Gasteiger partial charge is 0.395 e. The van der Waals surface area contributed by atoms with E-state index in [2.05, 4.69) is 45.9 Å². The summed E-state index contributed by atoms with van der Waals surface area (Å²) in [6.45, 7) is 8.70. The smallest absolute Gasteiger partial charge is 0.162 e. The number of allylic oxidation sites excluding steroid dienone is 8. The fourth-order valence-corrected chi connectivity index (χ4v) is 3.34. The Balaban J connectivity index is 4.33. The molecule has 0 saturated carbocycles. The zero-order valence-corrected chi connectivity index (χ0v) is 20.9. The molecular weight excluding hydrogens is 404 g/mol. The third-order valence-electron chi connectivity index (χ3n) is 5.87. The van der Waals surface area contributed by atoms with Crippen molar-refractivity contribution >= 4 is 5.78 Å². The molecule has 0 heterocycles. The zero-order valence-electron chi connectivity index (χ0n) is 20.9. The van der Waals surface area contributed by atoms with Crippen molar-refractivity contribution in [3.8, 4) is 0 Å². The minimum Gasteiger partial charge on any atom is -0.395 e. The van der Waals surface area contributed by atoms with Gasteiger partial charge in [-0.1, -0.05) is 46.6 Å². The van der Waals surface area contributed by atoms with Gasteiger partial charge in [0.15, 0.2) is 5.78 Å². The van der Waals surface area contributed by atoms with Crippen molar-refractivity contribution in [2.45, 2.75) is 92.1 Å². The number of carbonyl (C=O) groups excluding carboxylic acids is 1. The number of aliphatic hydroxyl groups is 4. The van der Waals surface area contributed by atoms with Crippen molar-refractivity contribution in [2.24, 2.45) is 5.41 Å². The van der Waals surface area contributed by atoms with Gasteiger partial charge in [-0.3, -0.25) is 4.79 Å². The number of ketones is 1. The summed E-state index contributed by atoms with van der Waals surface area (Å²) in [6.07, 6.45) is 14.1. The number of rotatable bonds is 17. The van der Waals surface area contributed by atoms with Crippen LogP contribution in [0.1, 0.15) is 86.0 Å². The molecule has 0 aromatic carbocycles. The van der Waals surface area contributed by atoms with E-state index in [0.29, 0.717) is 6.42 Å². The molecule has 184 valence electrons. The van der Waals surface area contributed by atoms with E-state index in [4.69, 9.17) is 0 Å². The van der Waals surface area contributed by atoms with Crippen LogP contribution >= 0.6 is 0 Å². The SMILES string of the molecule is CC(C)=CCCC(C)=CCCC(C)=CCCC(C)=CCCC(=O)C(O)C(CO)(CO)CO. The molecule has 0 aliphatic heterocycles. The van der Waals surface area contributed by atoms with E-state index in [1.165, 1.54) is 22.3 Å². The monoisotopic (exact) mass is 450 g/mol. The highest BCUT2D eigenvalue weighted by molar-refractivity contribution is 5.83. The van der Waals surface area contributed by atoms with Crippen molar-refractivity contribution in [3.05, 3.63) is 46.6 Å². The van der Waals surface area contributed by atoms with Crippen LogP contribution in [-0.4, -0.2) is 52.1 Å². The number of hydrogen-bond acceptors (Lipinski definition) is 5. The van der Waals surface area contributed by atoms with Crippen LogP contribution < -0.4 is 0 Å². The van der Waals surface area contributed by atoms with Gasteiger partial charge in [-0.05, 0) is 79.6 Å². The van der Waals surface area contributed by atoms with Crippen LogP contribution in [0.15, 0.2) is 46.6 Å². The molecule has 0 spiro atoms. The summed E-state index contributed by atoms with van der Waals surface area (Å²) in [5.41, 5.74) is 3.80. The lowest BCUT2D eigenvalue weighted by Gasteiger charge is -2.31. The predicted octanol–water partition coefficient (Wildman–Crippen LogP) is 4.81. The van der Waals surface area contributed by atoms with E-state index < -0.39 is 37.1 Å². The highest BCUT2D eigenvalue weighted by Gasteiger charge is 2.40. The van der Waals surface area contributed by atoms with Crippen molar-refractivity contribution in [3.63, 3.8) is 0 Å². The highest BCUT2D eigenvalue weighted by atomic mass is 16.3. The van der Waals surface area contributed by atoms with Crippen LogP contribution in [0.25, 0.3) is 0 Å². The van der Waals surface area contributed by atoms with Gasteiger partial charge in [-0.25, -0.2) is 0 Å². The topological polar surface area (TPSA) is 98.0 Å². The molecule has 0 radical (unpaired) electrons. The fourth-order valence-electron chi connectivity index (χ4n) is 3.34. The van der Waals surface area contributed by atoms with Gasteiger partial charge in [-0.15, -0.1) is 0 Å². The summed E-state index contributed by atoms with van der Waals surface area (Å²) in [4.78, 5) is 12.2. The van der Waals surface area contributed by atoms with E-state index in [1.807, 2.05) is 13.0 Å². The summed E-state index contributed by atoms with van der Waals surface area (Å²) in [5, 5.41) is 38.1. The van der Waals surface area contributed by atoms with Gasteiger partial charge in [0.25, 0.3) is 0 Å². The van der Waals surface area contributed by atoms with Gasteiger partial charge in [-0.2, -0.15) is 0 Å². The molecule has 1 unspecified atom stereocenters. The zero-order chi connectivity index (χ0) is 24.6. The highest BCUT2D eigenvalue weighted by Crippen LogP contribution is 2.23. The Labute approximate surface area is 195 Å². The van der Waals surface area contributed by atoms with Crippen LogP contribution in [0.4, 0.5) is 0 Å². The molecule has 0 fully saturated rings. The number of hydrogen-bond donors (Lipinski definition) is 4. The summed E-state index contributed by atoms with van der Waals surface area (Å²) in [7, 11) is 0. The molecular formula is C27H46O5. The van der Waals surface area contributed by atoms with Gasteiger partial charge in [0.05, 0.1) is 25.2 Å². The average Bonchev–Trinajstić information content (AvgIpc) is 2.74. The number of Topliss-reactive ketones (excluding diaryl/α,β-unsaturated/α-hetero) is 1. The number of aliphatic hydroxyl groups excluding tert-OH is 4. The Kier molecular flexibility index (Phi) is 16.2. The Morgan fingerprint density at radius 2 is 1.00 bits per heavy atom. The molecule has 4 N–H and O–H groups in total. The van der Waals surface area contributed by atoms with E-state index in [9.17, 15) is 25.2 Å². The van der Waals surface area contributed by atoms with Crippen LogP contribution in [0.5, 0.6) is 0 Å². The summed E-state index contributed by atoms with van der Waals surface area (Å²) in [5.74, 6) is -0.480. The lowest BCUT2D eigenvalue weighted by atomic mass is 9.81. The van der Waals surface area contributed by atoms with Gasteiger partial charge < -0.3 is 20.4 Å². The van der Waals surface area contributed by atoms with Crippen LogP contribution in [0.3, 0.4) is 0 Å². The molecule has 5 nitrogen and oxygen atoms in total. The van der Waals surface area contributed by atoms with Crippen LogP contribution in [0.2, 0.25) is 0 Å². The lowest BCUT2D eigenvalue weighted by Crippen LogP contribution is -2.49. The second-order valence-corrected chi connectivity index (χ2v) is 9.29. The Morgan fingerprint density at radius 3 is 1.34 bits per heavy atom. The maximum absolute atomic E-state index is 12.2. The first-order chi connectivity index (χ1) is 15.1. The first kappa shape index (κ1) is 30.5. The van der Waals surface area contributed by atoms with Crippen molar-refractivity contribution < 1.29 is 25.2 Å². The average molecular weight is 451 g/mol. The second-order valence-electron chi connectivity index (χ2n) is 9.29. The Hall–Kier alpha value is -1.53. The minimum atomic E-state index is -1.59. The van der Waals surface area contributed by atoms with Gasteiger partial charge in [0.2, 0.25) is 0 Å². The predicted molar refractivity (Wildman–Crippen MR) is 132 cm³/mol. The molecule has 32 heavy (non-hydrogen) atoms. The molecule has 0 rings (SSSR count). The first-order valence-electron chi connectivity index (χ1n) is 11.8. The maximum Gasteiger partial charge on any atom is 0.162 e. The summed E-state index contributed by atoms with van der Waals surface area (Å²) < 4.78 is 0. The molecule has 5 heteroatoms. The second kappa shape index (κ2) is 17.0. The molecule has 0 aliphatic carbocycles. The maximum atomic E-state index is 12.2. The van der Waals surface area contributed by atoms with Crippen molar-refractivity contribution in [1.29, 1.82) is 0 Å². The fraction of sp³-hybridized carbons (Fsp3) is 0.667. The molecule has 0 aromatic rings. The number of carbonyl (C=O) groups is 1. The first-order valence-corrected chi connectivity index (χ1v) is 11.8. The quantitative estimate of drug-likeness (QED) is 0.239. The van der Waals surface area contributed by atoms with Crippen molar-refractivity contribution in [1.82, 2.24) is 0 Å².